The molecule has 20 heavy (non-hydrogen) atoms. The van der Waals surface area contributed by atoms with Gasteiger partial charge in [-0.3, -0.25) is 14.5 Å². The van der Waals surface area contributed by atoms with Crippen molar-refractivity contribution in [3.63, 3.8) is 0 Å². The minimum atomic E-state index is -0.776. The summed E-state index contributed by atoms with van der Waals surface area (Å²) in [5, 5.41) is 11.7. The molecule has 1 saturated heterocycles. The average molecular weight is 299 g/mol. The number of aryl methyl sites for hydroxylation is 1. The molecule has 110 valence electrons. The van der Waals surface area contributed by atoms with Gasteiger partial charge >= 0.3 is 5.97 Å². The molecule has 1 amide bonds. The first-order chi connectivity index (χ1) is 9.04. The van der Waals surface area contributed by atoms with E-state index in [1.165, 1.54) is 0 Å². The van der Waals surface area contributed by atoms with Crippen LogP contribution >= 0.6 is 12.4 Å². The number of likely N-dealkylation sites (tertiary alicyclic amines) is 1. The lowest BCUT2D eigenvalue weighted by Crippen LogP contribution is -2.32. The summed E-state index contributed by atoms with van der Waals surface area (Å²) in [4.78, 5) is 24.6. The molecule has 1 fully saturated rings. The number of nitrogens with one attached hydrogen (secondary N) is 1. The number of carbonyl (C=O) groups excluding carboxylic acids is 1. The molecule has 0 radical (unpaired) electrons. The fourth-order valence-electron chi connectivity index (χ4n) is 2.30. The van der Waals surface area contributed by atoms with Crippen LogP contribution in [0.4, 0.5) is 5.69 Å². The minimum absolute atomic E-state index is 0. The molecule has 0 aliphatic carbocycles. The van der Waals surface area contributed by atoms with Crippen LogP contribution in [0.25, 0.3) is 0 Å². The second kappa shape index (κ2) is 7.26. The van der Waals surface area contributed by atoms with Crippen molar-refractivity contribution < 1.29 is 14.7 Å². The number of anilines is 1. The molecule has 0 saturated carbocycles. The minimum Gasteiger partial charge on any atom is -0.481 e. The Labute approximate surface area is 124 Å². The molecule has 1 unspecified atom stereocenters. The van der Waals surface area contributed by atoms with Gasteiger partial charge in [-0.25, -0.2) is 0 Å². The molecule has 2 N–H and O–H groups in total. The predicted octanol–water partition coefficient (Wildman–Crippen LogP) is 1.76. The third-order valence-corrected chi connectivity index (χ3v) is 3.29. The highest BCUT2D eigenvalue weighted by atomic mass is 35.5. The Kier molecular flexibility index (Phi) is 5.98. The lowest BCUT2D eigenvalue weighted by molar-refractivity contribution is -0.141. The van der Waals surface area contributed by atoms with Crippen LogP contribution < -0.4 is 5.32 Å². The Morgan fingerprint density at radius 2 is 2.20 bits per heavy atom. The van der Waals surface area contributed by atoms with Crippen molar-refractivity contribution in [1.82, 2.24) is 4.90 Å². The van der Waals surface area contributed by atoms with Gasteiger partial charge in [0, 0.05) is 12.2 Å². The number of hydrogen-bond donors (Lipinski definition) is 2. The van der Waals surface area contributed by atoms with E-state index in [0.29, 0.717) is 19.5 Å². The number of carboxylic acids is 1. The Bertz CT molecular complexity index is 493. The number of hydrogen-bond acceptors (Lipinski definition) is 3. The number of halogens is 1. The van der Waals surface area contributed by atoms with Crippen molar-refractivity contribution in [2.75, 3.05) is 25.0 Å². The number of carbonyl (C=O) groups is 2. The van der Waals surface area contributed by atoms with Gasteiger partial charge in [-0.15, -0.1) is 12.4 Å². The second-order valence-electron chi connectivity index (χ2n) is 4.98. The van der Waals surface area contributed by atoms with E-state index in [-0.39, 0.29) is 30.8 Å². The van der Waals surface area contributed by atoms with Crippen molar-refractivity contribution in [2.45, 2.75) is 13.3 Å². The topological polar surface area (TPSA) is 69.6 Å². The number of aliphatic carboxylic acids is 1. The summed E-state index contributed by atoms with van der Waals surface area (Å²) in [6, 6.07) is 7.60. The van der Waals surface area contributed by atoms with Gasteiger partial charge in [-0.05, 0) is 37.6 Å². The van der Waals surface area contributed by atoms with Crippen LogP contribution in [0.1, 0.15) is 12.0 Å². The molecule has 6 heteroatoms. The van der Waals surface area contributed by atoms with E-state index in [4.69, 9.17) is 5.11 Å². The van der Waals surface area contributed by atoms with Gasteiger partial charge in [0.2, 0.25) is 5.91 Å². The lowest BCUT2D eigenvalue weighted by atomic mass is 10.1. The molecule has 1 aliphatic heterocycles. The Morgan fingerprint density at radius 1 is 1.45 bits per heavy atom. The lowest BCUT2D eigenvalue weighted by Gasteiger charge is -2.14. The van der Waals surface area contributed by atoms with Gasteiger partial charge in [-0.2, -0.15) is 0 Å². The van der Waals surface area contributed by atoms with Gasteiger partial charge in [-0.1, -0.05) is 12.1 Å². The number of carboxylic acid groups (broad SMARTS) is 1. The molecule has 1 aromatic carbocycles. The smallest absolute Gasteiger partial charge is 0.307 e. The molecule has 1 atom stereocenters. The van der Waals surface area contributed by atoms with E-state index in [2.05, 4.69) is 5.32 Å². The number of rotatable bonds is 4. The Hall–Kier alpha value is -1.59. The summed E-state index contributed by atoms with van der Waals surface area (Å²) in [6.07, 6.45) is 0.618. The van der Waals surface area contributed by atoms with Gasteiger partial charge < -0.3 is 10.4 Å². The summed E-state index contributed by atoms with van der Waals surface area (Å²) < 4.78 is 0. The molecule has 0 spiro atoms. The first kappa shape index (κ1) is 16.5. The first-order valence-corrected chi connectivity index (χ1v) is 6.36. The van der Waals surface area contributed by atoms with E-state index >= 15 is 0 Å². The van der Waals surface area contributed by atoms with Crippen molar-refractivity contribution in [2.24, 2.45) is 5.92 Å². The van der Waals surface area contributed by atoms with Crippen LogP contribution in [0.15, 0.2) is 24.3 Å². The molecule has 5 nitrogen and oxygen atoms in total. The van der Waals surface area contributed by atoms with E-state index in [0.717, 1.165) is 11.3 Å². The maximum absolute atomic E-state index is 11.9. The largest absolute Gasteiger partial charge is 0.481 e. The zero-order chi connectivity index (χ0) is 13.8. The van der Waals surface area contributed by atoms with Crippen LogP contribution in [0, 0.1) is 12.8 Å². The highest BCUT2D eigenvalue weighted by molar-refractivity contribution is 5.92. The molecule has 0 aromatic heterocycles. The van der Waals surface area contributed by atoms with Gasteiger partial charge in [0.05, 0.1) is 12.5 Å². The summed E-state index contributed by atoms with van der Waals surface area (Å²) in [5.74, 6) is -1.22. The monoisotopic (exact) mass is 298 g/mol. The zero-order valence-electron chi connectivity index (χ0n) is 11.3. The molecular weight excluding hydrogens is 280 g/mol. The van der Waals surface area contributed by atoms with E-state index in [1.807, 2.05) is 36.1 Å². The SMILES string of the molecule is Cc1cccc(NC(=O)CN2CCC(C(=O)O)C2)c1.Cl. The van der Waals surface area contributed by atoms with Crippen LogP contribution in [0.5, 0.6) is 0 Å². The van der Waals surface area contributed by atoms with E-state index < -0.39 is 5.97 Å². The summed E-state index contributed by atoms with van der Waals surface area (Å²) in [5.41, 5.74) is 1.86. The number of amides is 1. The molecule has 1 heterocycles. The maximum Gasteiger partial charge on any atom is 0.307 e. The van der Waals surface area contributed by atoms with Crippen LogP contribution in [0.2, 0.25) is 0 Å². The fourth-order valence-corrected chi connectivity index (χ4v) is 2.30. The van der Waals surface area contributed by atoms with Crippen molar-refractivity contribution >= 4 is 30.0 Å². The van der Waals surface area contributed by atoms with Crippen molar-refractivity contribution in [1.29, 1.82) is 0 Å². The van der Waals surface area contributed by atoms with Crippen LogP contribution in [0.3, 0.4) is 0 Å². The molecule has 2 rings (SSSR count). The quantitative estimate of drug-likeness (QED) is 0.889. The van der Waals surface area contributed by atoms with E-state index in [1.54, 1.807) is 0 Å². The first-order valence-electron chi connectivity index (χ1n) is 6.36. The molecule has 1 aromatic rings. The van der Waals surface area contributed by atoms with Crippen LogP contribution in [-0.2, 0) is 9.59 Å². The Balaban J connectivity index is 0.00000200. The number of benzene rings is 1. The molecule has 1 aliphatic rings. The zero-order valence-corrected chi connectivity index (χ0v) is 12.2. The highest BCUT2D eigenvalue weighted by Gasteiger charge is 2.28. The standard InChI is InChI=1S/C14H18N2O3.ClH/c1-10-3-2-4-12(7-10)15-13(17)9-16-6-5-11(8-16)14(18)19;/h2-4,7,11H,5-6,8-9H2,1H3,(H,15,17)(H,18,19);1H. The van der Waals surface area contributed by atoms with E-state index in [9.17, 15) is 9.59 Å². The normalized spacial score (nSPS) is 18.4. The van der Waals surface area contributed by atoms with Crippen molar-refractivity contribution in [3.8, 4) is 0 Å². The summed E-state index contributed by atoms with van der Waals surface area (Å²) >= 11 is 0. The molecular formula is C14H19ClN2O3. The average Bonchev–Trinajstić information content (AvgIpc) is 2.77. The molecule has 0 bridgehead atoms. The summed E-state index contributed by atoms with van der Waals surface area (Å²) in [7, 11) is 0. The summed E-state index contributed by atoms with van der Waals surface area (Å²) in [6.45, 7) is 3.33. The third-order valence-electron chi connectivity index (χ3n) is 3.29. The third kappa shape index (κ3) is 4.51. The predicted molar refractivity (Wildman–Crippen MR) is 79.2 cm³/mol. The highest BCUT2D eigenvalue weighted by Crippen LogP contribution is 2.16. The van der Waals surface area contributed by atoms with Gasteiger partial charge in [0.25, 0.3) is 0 Å². The maximum atomic E-state index is 11.9. The fraction of sp³-hybridized carbons (Fsp3) is 0.429. The van der Waals surface area contributed by atoms with Gasteiger partial charge in [0.1, 0.15) is 0 Å². The number of nitrogens with zero attached hydrogens (tertiary/aromatic N) is 1. The van der Waals surface area contributed by atoms with Crippen molar-refractivity contribution in [3.05, 3.63) is 29.8 Å². The second-order valence-corrected chi connectivity index (χ2v) is 4.98. The van der Waals surface area contributed by atoms with Crippen LogP contribution in [-0.4, -0.2) is 41.5 Å². The Morgan fingerprint density at radius 3 is 2.80 bits per heavy atom. The van der Waals surface area contributed by atoms with Gasteiger partial charge in [0.15, 0.2) is 0 Å².